The number of nitrogens with two attached hydrogens (primary N) is 1. The quantitative estimate of drug-likeness (QED) is 0.365. The van der Waals surface area contributed by atoms with Crippen molar-refractivity contribution >= 4 is 30.6 Å². The number of hydrogen-bond acceptors (Lipinski definition) is 4. The van der Waals surface area contributed by atoms with E-state index in [0.29, 0.717) is 6.54 Å². The zero-order chi connectivity index (χ0) is 8.69. The molecule has 66 valence electrons. The topological polar surface area (TPSA) is 55.1 Å². The predicted molar refractivity (Wildman–Crippen MR) is 52.8 cm³/mol. The number of hydrogen-bond donors (Lipinski definition) is 4. The fourth-order valence-electron chi connectivity index (χ4n) is 0.736. The van der Waals surface area contributed by atoms with Crippen LogP contribution in [0.15, 0.2) is 0 Å². The van der Waals surface area contributed by atoms with E-state index in [0.717, 1.165) is 19.3 Å². The van der Waals surface area contributed by atoms with Gasteiger partial charge >= 0.3 is 0 Å². The van der Waals surface area contributed by atoms with Gasteiger partial charge in [-0.25, -0.2) is 0 Å². The molecule has 0 spiro atoms. The van der Waals surface area contributed by atoms with Crippen molar-refractivity contribution in [3.63, 3.8) is 0 Å². The number of carbonyl (C=O) groups is 1. The third kappa shape index (κ3) is 5.55. The van der Waals surface area contributed by atoms with E-state index in [-0.39, 0.29) is 11.2 Å². The highest BCUT2D eigenvalue weighted by Gasteiger charge is 2.11. The normalized spacial score (nSPS) is 13.0. The van der Waals surface area contributed by atoms with Crippen LogP contribution in [0.25, 0.3) is 0 Å². The second kappa shape index (κ2) is 6.97. The summed E-state index contributed by atoms with van der Waals surface area (Å²) in [6.07, 6.45) is 2.62. The summed E-state index contributed by atoms with van der Waals surface area (Å²) in [5.41, 5.74) is 5.29. The molecule has 0 fully saturated rings. The Morgan fingerprint density at radius 1 is 1.55 bits per heavy atom. The zero-order valence-electron chi connectivity index (χ0n) is 6.29. The molecule has 0 aliphatic carbocycles. The Morgan fingerprint density at radius 2 is 2.18 bits per heavy atom. The van der Waals surface area contributed by atoms with Crippen LogP contribution in [0.2, 0.25) is 0 Å². The summed E-state index contributed by atoms with van der Waals surface area (Å²) in [4.78, 5) is 10.7. The summed E-state index contributed by atoms with van der Waals surface area (Å²) in [6.45, 7) is 0.667. The molecule has 0 aromatic carbocycles. The largest absolute Gasteiger partial charge is 0.330 e. The number of rotatable bonds is 6. The second-order valence-electron chi connectivity index (χ2n) is 2.30. The number of thiol groups is 2. The van der Waals surface area contributed by atoms with Gasteiger partial charge < -0.3 is 5.73 Å². The highest BCUT2D eigenvalue weighted by molar-refractivity contribution is 7.96. The van der Waals surface area contributed by atoms with Gasteiger partial charge in [0.25, 0.3) is 0 Å². The lowest BCUT2D eigenvalue weighted by molar-refractivity contribution is -0.112. The molecule has 0 bridgehead atoms. The Labute approximate surface area is 78.1 Å². The zero-order valence-corrected chi connectivity index (χ0v) is 8.07. The summed E-state index contributed by atoms with van der Waals surface area (Å²) in [5, 5.41) is -0.169. The number of carbonyl (C=O) groups excluding carboxylic acids is 1. The van der Waals surface area contributed by atoms with Crippen LogP contribution < -0.4 is 10.5 Å². The maximum Gasteiger partial charge on any atom is 0.203 e. The van der Waals surface area contributed by atoms with Gasteiger partial charge in [-0.3, -0.25) is 9.52 Å². The van der Waals surface area contributed by atoms with Crippen molar-refractivity contribution in [1.82, 2.24) is 4.72 Å². The lowest BCUT2D eigenvalue weighted by Gasteiger charge is -2.09. The van der Waals surface area contributed by atoms with Gasteiger partial charge in [-0.1, -0.05) is 19.2 Å². The van der Waals surface area contributed by atoms with E-state index in [9.17, 15) is 4.79 Å². The third-order valence-electron chi connectivity index (χ3n) is 1.40. The van der Waals surface area contributed by atoms with Gasteiger partial charge in [0.2, 0.25) is 5.12 Å². The van der Waals surface area contributed by atoms with Crippen LogP contribution in [0.4, 0.5) is 0 Å². The van der Waals surface area contributed by atoms with Crippen molar-refractivity contribution in [2.75, 3.05) is 6.54 Å². The Balaban J connectivity index is 3.44. The first-order chi connectivity index (χ1) is 5.22. The number of nitrogens with one attached hydrogen (secondary N) is 1. The molecular formula is C6H14N2OS2. The summed E-state index contributed by atoms with van der Waals surface area (Å²) in [7, 11) is 0. The van der Waals surface area contributed by atoms with Crippen LogP contribution in [0.1, 0.15) is 19.3 Å². The lowest BCUT2D eigenvalue weighted by atomic mass is 10.1. The first-order valence-electron chi connectivity index (χ1n) is 3.55. The summed E-state index contributed by atoms with van der Waals surface area (Å²) < 4.78 is 2.59. The highest BCUT2D eigenvalue weighted by atomic mass is 32.1. The smallest absolute Gasteiger partial charge is 0.203 e. The minimum atomic E-state index is -0.242. The Kier molecular flexibility index (Phi) is 7.15. The fraction of sp³-hybridized carbons (Fsp3) is 0.833. The van der Waals surface area contributed by atoms with Gasteiger partial charge in [-0.05, 0) is 19.4 Å². The lowest BCUT2D eigenvalue weighted by Crippen LogP contribution is -2.27. The summed E-state index contributed by atoms with van der Waals surface area (Å²) in [6, 6.07) is -0.242. The summed E-state index contributed by atoms with van der Waals surface area (Å²) >= 11 is 7.50. The SMILES string of the molecule is NCCCCC(NS)C(=O)S. The maximum absolute atomic E-state index is 10.7. The van der Waals surface area contributed by atoms with E-state index in [1.165, 1.54) is 0 Å². The second-order valence-corrected chi connectivity index (χ2v) is 3.00. The van der Waals surface area contributed by atoms with Gasteiger partial charge in [0, 0.05) is 0 Å². The van der Waals surface area contributed by atoms with Crippen LogP contribution in [-0.4, -0.2) is 17.7 Å². The molecule has 1 atom stereocenters. The van der Waals surface area contributed by atoms with Crippen LogP contribution in [-0.2, 0) is 4.79 Å². The van der Waals surface area contributed by atoms with Gasteiger partial charge in [0.15, 0.2) is 0 Å². The molecule has 11 heavy (non-hydrogen) atoms. The van der Waals surface area contributed by atoms with E-state index in [1.54, 1.807) is 0 Å². The van der Waals surface area contributed by atoms with Crippen molar-refractivity contribution in [1.29, 1.82) is 0 Å². The van der Waals surface area contributed by atoms with E-state index in [4.69, 9.17) is 5.73 Å². The molecule has 0 rings (SSSR count). The molecule has 0 amide bonds. The maximum atomic E-state index is 10.7. The minimum Gasteiger partial charge on any atom is -0.330 e. The fourth-order valence-corrected chi connectivity index (χ4v) is 1.28. The van der Waals surface area contributed by atoms with Gasteiger partial charge in [-0.15, -0.1) is 12.6 Å². The molecule has 0 radical (unpaired) electrons. The first kappa shape index (κ1) is 11.3. The molecule has 0 saturated carbocycles. The molecule has 0 saturated heterocycles. The minimum absolute atomic E-state index is 0.169. The van der Waals surface area contributed by atoms with Crippen molar-refractivity contribution in [2.24, 2.45) is 5.73 Å². The molecule has 0 aromatic heterocycles. The monoisotopic (exact) mass is 194 g/mol. The number of unbranched alkanes of at least 4 members (excludes halogenated alkanes) is 1. The van der Waals surface area contributed by atoms with Gasteiger partial charge in [0.05, 0.1) is 6.04 Å². The average molecular weight is 194 g/mol. The molecule has 3 N–H and O–H groups in total. The molecule has 1 unspecified atom stereocenters. The third-order valence-corrected chi connectivity index (χ3v) is 2.02. The Morgan fingerprint density at radius 3 is 2.55 bits per heavy atom. The van der Waals surface area contributed by atoms with Crippen LogP contribution in [0, 0.1) is 0 Å². The van der Waals surface area contributed by atoms with Crippen LogP contribution in [0.5, 0.6) is 0 Å². The molecular weight excluding hydrogens is 180 g/mol. The van der Waals surface area contributed by atoms with Crippen molar-refractivity contribution in [3.8, 4) is 0 Å². The predicted octanol–water partition coefficient (Wildman–Crippen LogP) is 0.375. The first-order valence-corrected chi connectivity index (χ1v) is 4.44. The van der Waals surface area contributed by atoms with E-state index >= 15 is 0 Å². The van der Waals surface area contributed by atoms with E-state index < -0.39 is 0 Å². The average Bonchev–Trinajstić information content (AvgIpc) is 1.97. The molecule has 0 aliphatic heterocycles. The van der Waals surface area contributed by atoms with Gasteiger partial charge in [-0.2, -0.15) is 0 Å². The van der Waals surface area contributed by atoms with Gasteiger partial charge in [0.1, 0.15) is 0 Å². The molecule has 0 aliphatic rings. The van der Waals surface area contributed by atoms with Crippen LogP contribution >= 0.6 is 25.4 Å². The van der Waals surface area contributed by atoms with Crippen molar-refractivity contribution in [3.05, 3.63) is 0 Å². The Bertz CT molecular complexity index is 121. The molecule has 0 aromatic rings. The molecule has 3 nitrogen and oxygen atoms in total. The van der Waals surface area contributed by atoms with E-state index in [2.05, 4.69) is 30.2 Å². The summed E-state index contributed by atoms with van der Waals surface area (Å²) in [5.74, 6) is 0. The van der Waals surface area contributed by atoms with Crippen molar-refractivity contribution < 1.29 is 4.79 Å². The van der Waals surface area contributed by atoms with E-state index in [1.807, 2.05) is 0 Å². The standard InChI is InChI=1S/C6H14N2OS2/c7-4-2-1-3-5(8-11)6(9)10/h5,8,11H,1-4,7H2,(H,9,10). The molecule has 0 heterocycles. The van der Waals surface area contributed by atoms with Crippen LogP contribution in [0.3, 0.4) is 0 Å². The van der Waals surface area contributed by atoms with Crippen molar-refractivity contribution in [2.45, 2.75) is 25.3 Å². The molecule has 5 heteroatoms. The Hall–Kier alpha value is 0.290. The highest BCUT2D eigenvalue weighted by Crippen LogP contribution is 2.03.